The maximum absolute atomic E-state index is 12.1. The summed E-state index contributed by atoms with van der Waals surface area (Å²) in [6.45, 7) is 11.1. The van der Waals surface area contributed by atoms with E-state index in [1.54, 1.807) is 4.90 Å². The van der Waals surface area contributed by atoms with Crippen LogP contribution in [0.4, 0.5) is 5.69 Å². The Kier molecular flexibility index (Phi) is 7.94. The second-order valence-corrected chi connectivity index (χ2v) is 12.3. The number of rotatable bonds is 6. The van der Waals surface area contributed by atoms with Gasteiger partial charge in [0.15, 0.2) is 0 Å². The van der Waals surface area contributed by atoms with Crippen LogP contribution in [0.15, 0.2) is 24.3 Å². The molecule has 3 aliphatic rings. The van der Waals surface area contributed by atoms with E-state index in [-0.39, 0.29) is 18.1 Å². The van der Waals surface area contributed by atoms with Crippen LogP contribution in [0.3, 0.4) is 0 Å². The molecule has 4 rings (SSSR count). The lowest BCUT2D eigenvalue weighted by atomic mass is 9.72. The summed E-state index contributed by atoms with van der Waals surface area (Å²) in [5.41, 5.74) is 2.72. The maximum Gasteiger partial charge on any atom is 0.234 e. The third-order valence-electron chi connectivity index (χ3n) is 8.16. The summed E-state index contributed by atoms with van der Waals surface area (Å²) in [7, 11) is 0. The predicted octanol–water partition coefficient (Wildman–Crippen LogP) is 6.23. The number of ketones is 1. The van der Waals surface area contributed by atoms with Crippen molar-refractivity contribution in [2.24, 2.45) is 23.2 Å². The third-order valence-corrected chi connectivity index (χ3v) is 8.16. The van der Waals surface area contributed by atoms with E-state index in [0.717, 1.165) is 30.0 Å². The number of carbonyl (C=O) groups is 2. The molecule has 0 N–H and O–H groups in total. The van der Waals surface area contributed by atoms with E-state index >= 15 is 0 Å². The summed E-state index contributed by atoms with van der Waals surface area (Å²) in [5, 5.41) is 0. The summed E-state index contributed by atoms with van der Waals surface area (Å²) in [6.07, 6.45) is 11.9. The number of hydrogen-bond donors (Lipinski definition) is 0. The Morgan fingerprint density at radius 3 is 2.03 bits per heavy atom. The Morgan fingerprint density at radius 1 is 0.818 bits per heavy atom. The zero-order valence-electron chi connectivity index (χ0n) is 21.2. The Balaban J connectivity index is 1.17. The molecule has 1 aromatic rings. The van der Waals surface area contributed by atoms with Crippen molar-refractivity contribution in [1.29, 1.82) is 0 Å². The molecule has 0 bridgehead atoms. The molecule has 182 valence electrons. The van der Waals surface area contributed by atoms with Crippen molar-refractivity contribution in [2.75, 3.05) is 24.5 Å². The summed E-state index contributed by atoms with van der Waals surface area (Å²) >= 11 is 0. The van der Waals surface area contributed by atoms with Crippen LogP contribution in [0, 0.1) is 23.2 Å². The van der Waals surface area contributed by atoms with Crippen LogP contribution in [-0.4, -0.2) is 36.2 Å². The Labute approximate surface area is 201 Å². The van der Waals surface area contributed by atoms with Crippen LogP contribution >= 0.6 is 0 Å². The number of anilines is 1. The number of benzene rings is 1. The molecule has 0 spiro atoms. The highest BCUT2D eigenvalue weighted by atomic mass is 16.2. The first-order valence-corrected chi connectivity index (χ1v) is 13.4. The molecule has 33 heavy (non-hydrogen) atoms. The van der Waals surface area contributed by atoms with Crippen LogP contribution in [0.2, 0.25) is 0 Å². The minimum Gasteiger partial charge on any atom is -0.312 e. The first-order chi connectivity index (χ1) is 15.7. The number of piperidine rings is 2. The van der Waals surface area contributed by atoms with Gasteiger partial charge in [-0.3, -0.25) is 14.5 Å². The van der Waals surface area contributed by atoms with Crippen molar-refractivity contribution in [3.8, 4) is 0 Å². The topological polar surface area (TPSA) is 40.6 Å². The molecule has 2 heterocycles. The van der Waals surface area contributed by atoms with Gasteiger partial charge in [-0.1, -0.05) is 58.6 Å². The van der Waals surface area contributed by atoms with Crippen molar-refractivity contribution in [3.05, 3.63) is 29.8 Å². The Hall–Kier alpha value is -1.68. The smallest absolute Gasteiger partial charge is 0.234 e. The monoisotopic (exact) mass is 452 g/mol. The van der Waals surface area contributed by atoms with Gasteiger partial charge in [-0.2, -0.15) is 0 Å². The highest BCUT2D eigenvalue weighted by Gasteiger charge is 2.28. The van der Waals surface area contributed by atoms with Gasteiger partial charge in [-0.05, 0) is 79.6 Å². The van der Waals surface area contributed by atoms with Crippen LogP contribution < -0.4 is 4.90 Å². The van der Waals surface area contributed by atoms with Gasteiger partial charge in [0.05, 0.1) is 6.42 Å². The van der Waals surface area contributed by atoms with E-state index in [1.165, 1.54) is 70.0 Å². The molecule has 4 heteroatoms. The minimum atomic E-state index is -0.0660. The number of hydrogen-bond acceptors (Lipinski definition) is 3. The summed E-state index contributed by atoms with van der Waals surface area (Å²) < 4.78 is 0. The van der Waals surface area contributed by atoms with Gasteiger partial charge >= 0.3 is 0 Å². The lowest BCUT2D eigenvalue weighted by molar-refractivity contribution is -0.128. The standard InChI is InChI=1S/C29H44N2O2/c1-29(2,3)20-24-6-4-22(5-7-24)18-23-12-15-30(16-13-23)21-25-8-10-26(11-9-25)31-17-14-27(32)19-28(31)33/h8-11,22-24H,4-7,12-21H2,1-3H3. The van der Waals surface area contributed by atoms with Gasteiger partial charge in [0.25, 0.3) is 0 Å². The fourth-order valence-corrected chi connectivity index (χ4v) is 6.42. The average molecular weight is 453 g/mol. The lowest BCUT2D eigenvalue weighted by Gasteiger charge is -2.37. The molecule has 1 aromatic carbocycles. The van der Waals surface area contributed by atoms with E-state index in [4.69, 9.17) is 0 Å². The minimum absolute atomic E-state index is 0.0506. The number of Topliss-reactive ketones (excluding diaryl/α,β-unsaturated/α-hetero) is 1. The van der Waals surface area contributed by atoms with Gasteiger partial charge < -0.3 is 4.90 Å². The molecule has 2 aliphatic heterocycles. The quantitative estimate of drug-likeness (QED) is 0.481. The first-order valence-electron chi connectivity index (χ1n) is 13.4. The van der Waals surface area contributed by atoms with Crippen molar-refractivity contribution < 1.29 is 9.59 Å². The van der Waals surface area contributed by atoms with Gasteiger partial charge in [-0.25, -0.2) is 0 Å². The van der Waals surface area contributed by atoms with E-state index in [2.05, 4.69) is 37.8 Å². The molecule has 1 amide bonds. The van der Waals surface area contributed by atoms with Crippen molar-refractivity contribution >= 4 is 17.4 Å². The highest BCUT2D eigenvalue weighted by Crippen LogP contribution is 2.39. The molecule has 4 nitrogen and oxygen atoms in total. The van der Waals surface area contributed by atoms with Crippen molar-refractivity contribution in [2.45, 2.75) is 91.5 Å². The highest BCUT2D eigenvalue weighted by molar-refractivity contribution is 6.08. The second kappa shape index (κ2) is 10.7. The SMILES string of the molecule is CC(C)(C)CC1CCC(CC2CCN(Cc3ccc(N4CCC(=O)CC4=O)cc3)CC2)CC1. The van der Waals surface area contributed by atoms with Crippen LogP contribution in [0.25, 0.3) is 0 Å². The summed E-state index contributed by atoms with van der Waals surface area (Å²) in [6, 6.07) is 8.40. The summed E-state index contributed by atoms with van der Waals surface area (Å²) in [5.74, 6) is 2.84. The zero-order valence-corrected chi connectivity index (χ0v) is 21.2. The fourth-order valence-electron chi connectivity index (χ4n) is 6.42. The molecule has 2 saturated heterocycles. The van der Waals surface area contributed by atoms with Crippen LogP contribution in [0.5, 0.6) is 0 Å². The predicted molar refractivity (Wildman–Crippen MR) is 135 cm³/mol. The molecule has 3 fully saturated rings. The van der Waals surface area contributed by atoms with E-state index < -0.39 is 0 Å². The largest absolute Gasteiger partial charge is 0.312 e. The molecule has 0 aromatic heterocycles. The summed E-state index contributed by atoms with van der Waals surface area (Å²) in [4.78, 5) is 28.0. The van der Waals surface area contributed by atoms with Crippen LogP contribution in [0.1, 0.15) is 90.5 Å². The molecule has 1 aliphatic carbocycles. The van der Waals surface area contributed by atoms with Gasteiger partial charge in [0, 0.05) is 25.2 Å². The van der Waals surface area contributed by atoms with Gasteiger partial charge in [0.2, 0.25) is 5.91 Å². The number of carbonyl (C=O) groups excluding carboxylic acids is 2. The normalized spacial score (nSPS) is 26.1. The lowest BCUT2D eigenvalue weighted by Crippen LogP contribution is -2.39. The fraction of sp³-hybridized carbons (Fsp3) is 0.724. The maximum atomic E-state index is 12.1. The molecular formula is C29H44N2O2. The molecule has 1 saturated carbocycles. The van der Waals surface area contributed by atoms with Crippen LogP contribution in [-0.2, 0) is 16.1 Å². The third kappa shape index (κ3) is 7.15. The zero-order chi connectivity index (χ0) is 23.4. The Bertz CT molecular complexity index is 794. The number of likely N-dealkylation sites (tertiary alicyclic amines) is 1. The Morgan fingerprint density at radius 2 is 1.42 bits per heavy atom. The van der Waals surface area contributed by atoms with E-state index in [9.17, 15) is 9.59 Å². The second-order valence-electron chi connectivity index (χ2n) is 12.3. The number of amides is 1. The molecule has 0 unspecified atom stereocenters. The molecule has 0 radical (unpaired) electrons. The van der Waals surface area contributed by atoms with E-state index in [0.29, 0.717) is 18.4 Å². The van der Waals surface area contributed by atoms with Gasteiger partial charge in [0.1, 0.15) is 5.78 Å². The first kappa shape index (κ1) is 24.4. The van der Waals surface area contributed by atoms with Crippen molar-refractivity contribution in [1.82, 2.24) is 4.90 Å². The van der Waals surface area contributed by atoms with Crippen molar-refractivity contribution in [3.63, 3.8) is 0 Å². The molecular weight excluding hydrogens is 408 g/mol. The molecule has 0 atom stereocenters. The van der Waals surface area contributed by atoms with E-state index in [1.807, 2.05) is 12.1 Å². The van der Waals surface area contributed by atoms with Gasteiger partial charge in [-0.15, -0.1) is 0 Å². The number of nitrogens with zero attached hydrogens (tertiary/aromatic N) is 2. The average Bonchev–Trinajstić information content (AvgIpc) is 2.76.